The first-order chi connectivity index (χ1) is 11.8. The normalized spacial score (nSPS) is 12.2. The summed E-state index contributed by atoms with van der Waals surface area (Å²) >= 11 is 0. The topological polar surface area (TPSA) is 38.4 Å². The first-order valence-electron chi connectivity index (χ1n) is 7.93. The van der Waals surface area contributed by atoms with Gasteiger partial charge in [0.1, 0.15) is 0 Å². The van der Waals surface area contributed by atoms with Gasteiger partial charge in [-0.3, -0.25) is 4.99 Å². The van der Waals surface area contributed by atoms with Crippen LogP contribution in [0.2, 0.25) is 0 Å². The molecule has 0 aliphatic rings. The van der Waals surface area contributed by atoms with E-state index in [9.17, 15) is 0 Å². The van der Waals surface area contributed by atoms with Crippen LogP contribution in [-0.2, 0) is 0 Å². The minimum atomic E-state index is 0.707. The van der Waals surface area contributed by atoms with E-state index in [0.29, 0.717) is 5.70 Å². The van der Waals surface area contributed by atoms with Gasteiger partial charge in [0.05, 0.1) is 5.71 Å². The highest BCUT2D eigenvalue weighted by Crippen LogP contribution is 2.21. The Balaban J connectivity index is 1.86. The lowest BCUT2D eigenvalue weighted by Crippen LogP contribution is -2.03. The molecule has 2 N–H and O–H groups in total. The van der Waals surface area contributed by atoms with Crippen LogP contribution in [0.3, 0.4) is 0 Å². The van der Waals surface area contributed by atoms with Crippen LogP contribution in [0.5, 0.6) is 0 Å². The van der Waals surface area contributed by atoms with Crippen LogP contribution in [-0.4, -0.2) is 12.8 Å². The Labute approximate surface area is 143 Å². The second-order valence-corrected chi connectivity index (χ2v) is 5.52. The zero-order valence-corrected chi connectivity index (χ0v) is 13.7. The summed E-state index contributed by atoms with van der Waals surface area (Å²) in [5, 5.41) is 0. The second kappa shape index (κ2) is 7.42. The molecule has 0 aromatic heterocycles. The van der Waals surface area contributed by atoms with Crippen LogP contribution < -0.4 is 5.73 Å². The molecule has 0 saturated heterocycles. The minimum Gasteiger partial charge on any atom is -0.398 e. The zero-order valence-electron chi connectivity index (χ0n) is 13.7. The Bertz CT molecular complexity index is 845. The van der Waals surface area contributed by atoms with E-state index in [4.69, 9.17) is 5.73 Å². The van der Waals surface area contributed by atoms with Gasteiger partial charge in [-0.1, -0.05) is 84.9 Å². The molecule has 0 radical (unpaired) electrons. The summed E-state index contributed by atoms with van der Waals surface area (Å²) in [6, 6.07) is 28.7. The molecule has 0 spiro atoms. The predicted molar refractivity (Wildman–Crippen MR) is 103 cm³/mol. The highest BCUT2D eigenvalue weighted by Gasteiger charge is 2.03. The maximum atomic E-state index is 6.28. The summed E-state index contributed by atoms with van der Waals surface area (Å²) in [5.74, 6) is 0. The third kappa shape index (κ3) is 3.61. The van der Waals surface area contributed by atoms with E-state index in [1.165, 1.54) is 11.1 Å². The van der Waals surface area contributed by atoms with E-state index in [0.717, 1.165) is 16.8 Å². The number of rotatable bonds is 4. The van der Waals surface area contributed by atoms with E-state index in [1.807, 2.05) is 66.7 Å². The lowest BCUT2D eigenvalue weighted by Gasteiger charge is -2.07. The molecule has 0 unspecified atom stereocenters. The summed E-state index contributed by atoms with van der Waals surface area (Å²) < 4.78 is 0. The fraction of sp³-hybridized carbons (Fsp3) is 0.0455. The maximum absolute atomic E-state index is 6.28. The van der Waals surface area contributed by atoms with Gasteiger partial charge >= 0.3 is 0 Å². The minimum absolute atomic E-state index is 0.707. The van der Waals surface area contributed by atoms with Crippen molar-refractivity contribution >= 4 is 11.4 Å². The predicted octanol–water partition coefficient (Wildman–Crippen LogP) is 4.77. The molecule has 0 atom stereocenters. The van der Waals surface area contributed by atoms with Gasteiger partial charge in [0.15, 0.2) is 0 Å². The molecule has 24 heavy (non-hydrogen) atoms. The van der Waals surface area contributed by atoms with Crippen molar-refractivity contribution in [2.45, 2.75) is 0 Å². The van der Waals surface area contributed by atoms with Crippen LogP contribution in [0.4, 0.5) is 0 Å². The van der Waals surface area contributed by atoms with E-state index < -0.39 is 0 Å². The average molecular weight is 312 g/mol. The molecule has 2 heteroatoms. The van der Waals surface area contributed by atoms with Crippen LogP contribution >= 0.6 is 0 Å². The molecule has 3 rings (SSSR count). The van der Waals surface area contributed by atoms with Gasteiger partial charge in [0.2, 0.25) is 0 Å². The summed E-state index contributed by atoms with van der Waals surface area (Å²) in [5.41, 5.74) is 12.3. The summed E-state index contributed by atoms with van der Waals surface area (Å²) in [6.45, 7) is 0. The van der Waals surface area contributed by atoms with Crippen LogP contribution in [0, 0.1) is 0 Å². The molecule has 0 saturated carbocycles. The summed E-state index contributed by atoms with van der Waals surface area (Å²) in [7, 11) is 1.78. The van der Waals surface area contributed by atoms with E-state index in [1.54, 1.807) is 7.05 Å². The monoisotopic (exact) mass is 312 g/mol. The quantitative estimate of drug-likeness (QED) is 0.692. The van der Waals surface area contributed by atoms with Gasteiger partial charge in [0, 0.05) is 12.7 Å². The number of benzene rings is 3. The van der Waals surface area contributed by atoms with Crippen molar-refractivity contribution in [3.63, 3.8) is 0 Å². The molecular weight excluding hydrogens is 292 g/mol. The Morgan fingerprint density at radius 2 is 1.25 bits per heavy atom. The fourth-order valence-electron chi connectivity index (χ4n) is 2.60. The van der Waals surface area contributed by atoms with E-state index >= 15 is 0 Å². The van der Waals surface area contributed by atoms with Crippen LogP contribution in [0.1, 0.15) is 11.1 Å². The van der Waals surface area contributed by atoms with Gasteiger partial charge in [0.25, 0.3) is 0 Å². The Morgan fingerprint density at radius 3 is 1.83 bits per heavy atom. The molecule has 0 aliphatic heterocycles. The Kier molecular flexibility index (Phi) is 4.87. The third-order valence-electron chi connectivity index (χ3n) is 3.93. The molecule has 0 heterocycles. The lowest BCUT2D eigenvalue weighted by atomic mass is 10.0. The largest absolute Gasteiger partial charge is 0.398 e. The van der Waals surface area contributed by atoms with Crippen molar-refractivity contribution < 1.29 is 0 Å². The smallest absolute Gasteiger partial charge is 0.0663 e. The highest BCUT2D eigenvalue weighted by molar-refractivity contribution is 6.11. The molecule has 0 fully saturated rings. The van der Waals surface area contributed by atoms with Crippen molar-refractivity contribution in [2.75, 3.05) is 7.05 Å². The van der Waals surface area contributed by atoms with Gasteiger partial charge < -0.3 is 5.73 Å². The average Bonchev–Trinajstić information content (AvgIpc) is 2.67. The number of nitrogens with zero attached hydrogens (tertiary/aromatic N) is 1. The Morgan fingerprint density at radius 1 is 0.708 bits per heavy atom. The number of nitrogens with two attached hydrogens (primary N) is 1. The summed E-state index contributed by atoms with van der Waals surface area (Å²) in [6.07, 6.45) is 1.92. The fourth-order valence-corrected chi connectivity index (χ4v) is 2.60. The first-order valence-corrected chi connectivity index (χ1v) is 7.93. The molecule has 118 valence electrons. The van der Waals surface area contributed by atoms with E-state index in [-0.39, 0.29) is 0 Å². The number of allylic oxidation sites excluding steroid dienone is 1. The Hall–Kier alpha value is -3.13. The van der Waals surface area contributed by atoms with Crippen LogP contribution in [0.15, 0.2) is 96.0 Å². The molecule has 3 aromatic rings. The van der Waals surface area contributed by atoms with Crippen molar-refractivity contribution in [2.24, 2.45) is 10.7 Å². The number of aliphatic imine (C=N–C) groups is 1. The SMILES string of the molecule is CN=C(C=C(N)c1ccc(-c2ccccc2)cc1)c1ccccc1. The molecule has 0 amide bonds. The summed E-state index contributed by atoms with van der Waals surface area (Å²) in [4.78, 5) is 4.35. The number of hydrogen-bond donors (Lipinski definition) is 1. The molecular formula is C22H20N2. The van der Waals surface area contributed by atoms with Crippen molar-refractivity contribution in [1.82, 2.24) is 0 Å². The molecule has 0 bridgehead atoms. The van der Waals surface area contributed by atoms with Gasteiger partial charge in [-0.25, -0.2) is 0 Å². The lowest BCUT2D eigenvalue weighted by molar-refractivity contribution is 1.43. The second-order valence-electron chi connectivity index (χ2n) is 5.52. The van der Waals surface area contributed by atoms with Gasteiger partial charge in [-0.05, 0) is 28.3 Å². The zero-order chi connectivity index (χ0) is 16.8. The van der Waals surface area contributed by atoms with Crippen molar-refractivity contribution in [3.05, 3.63) is 102 Å². The molecule has 3 aromatic carbocycles. The first kappa shape index (κ1) is 15.8. The van der Waals surface area contributed by atoms with Crippen LogP contribution in [0.25, 0.3) is 16.8 Å². The maximum Gasteiger partial charge on any atom is 0.0663 e. The third-order valence-corrected chi connectivity index (χ3v) is 3.93. The van der Waals surface area contributed by atoms with Crippen molar-refractivity contribution in [3.8, 4) is 11.1 Å². The molecule has 0 aliphatic carbocycles. The highest BCUT2D eigenvalue weighted by atomic mass is 14.7. The number of hydrogen-bond acceptors (Lipinski definition) is 2. The molecule has 2 nitrogen and oxygen atoms in total. The standard InChI is InChI=1S/C22H20N2/c1-24-22(20-10-6-3-7-11-20)16-21(23)19-14-12-18(13-15-19)17-8-4-2-5-9-17/h2-16H,23H2,1H3. The van der Waals surface area contributed by atoms with Crippen molar-refractivity contribution in [1.29, 1.82) is 0 Å². The van der Waals surface area contributed by atoms with E-state index in [2.05, 4.69) is 29.3 Å². The van der Waals surface area contributed by atoms with Gasteiger partial charge in [-0.15, -0.1) is 0 Å². The van der Waals surface area contributed by atoms with Gasteiger partial charge in [-0.2, -0.15) is 0 Å².